The van der Waals surface area contributed by atoms with Crippen LogP contribution in [0, 0.1) is 0 Å². The minimum absolute atomic E-state index is 0.284. The van der Waals surface area contributed by atoms with Crippen molar-refractivity contribution < 1.29 is 4.79 Å². The molecule has 5 heteroatoms. The molecular formula is C26H22N4O. The molecule has 0 saturated heterocycles. The lowest BCUT2D eigenvalue weighted by Gasteiger charge is -2.17. The van der Waals surface area contributed by atoms with E-state index >= 15 is 0 Å². The number of hydrogen-bond acceptors (Lipinski definition) is 4. The van der Waals surface area contributed by atoms with Gasteiger partial charge in [0.25, 0.3) is 0 Å². The van der Waals surface area contributed by atoms with Crippen LogP contribution >= 0.6 is 0 Å². The molecule has 0 aliphatic heterocycles. The van der Waals surface area contributed by atoms with Crippen molar-refractivity contribution in [2.45, 2.75) is 38.5 Å². The fraction of sp³-hybridized carbons (Fsp3) is 0.231. The van der Waals surface area contributed by atoms with Crippen LogP contribution in [-0.4, -0.2) is 25.4 Å². The van der Waals surface area contributed by atoms with Crippen molar-refractivity contribution in [2.75, 3.05) is 0 Å². The fourth-order valence-corrected chi connectivity index (χ4v) is 4.87. The van der Waals surface area contributed by atoms with E-state index in [0.717, 1.165) is 45.8 Å². The zero-order chi connectivity index (χ0) is 21.2. The van der Waals surface area contributed by atoms with Gasteiger partial charge < -0.3 is 0 Å². The van der Waals surface area contributed by atoms with E-state index in [2.05, 4.69) is 53.5 Å². The van der Waals surface area contributed by atoms with Gasteiger partial charge in [-0.05, 0) is 48.1 Å². The van der Waals surface area contributed by atoms with Crippen molar-refractivity contribution in [3.8, 4) is 0 Å². The number of Topliss-reactive ketones (excluding diaryl/α,β-unsaturated/α-hetero) is 1. The number of hydrogen-bond donors (Lipinski definition) is 0. The summed E-state index contributed by atoms with van der Waals surface area (Å²) >= 11 is 0. The Morgan fingerprint density at radius 3 is 2.87 bits per heavy atom. The Balaban J connectivity index is 1.36. The maximum absolute atomic E-state index is 12.4. The molecule has 0 amide bonds. The Labute approximate surface area is 180 Å². The van der Waals surface area contributed by atoms with Crippen molar-refractivity contribution in [1.29, 1.82) is 0 Å². The Kier molecular flexibility index (Phi) is 3.78. The summed E-state index contributed by atoms with van der Waals surface area (Å²) in [5, 5.41) is 4.70. The largest absolute Gasteiger partial charge is 0.298 e. The molecular weight excluding hydrogens is 384 g/mol. The highest BCUT2D eigenvalue weighted by Crippen LogP contribution is 2.36. The average Bonchev–Trinajstić information content (AvgIpc) is 3.42. The molecule has 6 rings (SSSR count). The van der Waals surface area contributed by atoms with Gasteiger partial charge in [0.1, 0.15) is 11.5 Å². The Hall–Kier alpha value is -3.60. The molecule has 0 fully saturated rings. The second-order valence-electron chi connectivity index (χ2n) is 8.94. The Morgan fingerprint density at radius 2 is 1.97 bits per heavy atom. The number of rotatable bonds is 3. The molecule has 152 valence electrons. The maximum Gasteiger partial charge on any atom is 0.181 e. The first-order chi connectivity index (χ1) is 15.0. The van der Waals surface area contributed by atoms with Gasteiger partial charge in [-0.1, -0.05) is 48.5 Å². The molecule has 5 nitrogen and oxygen atoms in total. The monoisotopic (exact) mass is 406 g/mol. The smallest absolute Gasteiger partial charge is 0.181 e. The number of carbonyl (C=O) groups excluding carboxylic acids is 1. The molecule has 2 heterocycles. The van der Waals surface area contributed by atoms with Crippen molar-refractivity contribution in [3.05, 3.63) is 100 Å². The highest BCUT2D eigenvalue weighted by Gasteiger charge is 2.37. The van der Waals surface area contributed by atoms with Gasteiger partial charge in [-0.3, -0.25) is 9.78 Å². The number of aromatic nitrogens is 4. The average molecular weight is 406 g/mol. The first kappa shape index (κ1) is 18.2. The molecule has 2 aromatic carbocycles. The summed E-state index contributed by atoms with van der Waals surface area (Å²) in [5.74, 6) is 1.04. The summed E-state index contributed by atoms with van der Waals surface area (Å²) in [7, 11) is 0. The molecule has 0 atom stereocenters. The van der Waals surface area contributed by atoms with Crippen LogP contribution in [0.5, 0.6) is 0 Å². The zero-order valence-corrected chi connectivity index (χ0v) is 17.6. The van der Waals surface area contributed by atoms with E-state index in [1.165, 1.54) is 11.1 Å². The highest BCUT2D eigenvalue weighted by molar-refractivity contribution is 5.95. The Morgan fingerprint density at radius 1 is 1.10 bits per heavy atom. The molecule has 2 aliphatic rings. The fourth-order valence-electron chi connectivity index (χ4n) is 4.87. The first-order valence-corrected chi connectivity index (χ1v) is 10.7. The number of allylic oxidation sites excluding steroid dienone is 1. The number of carbonyl (C=O) groups is 1. The topological polar surface area (TPSA) is 60.2 Å². The summed E-state index contributed by atoms with van der Waals surface area (Å²) < 4.78 is 1.82. The number of fused-ring (bicyclic) bond motifs is 3. The van der Waals surface area contributed by atoms with Crippen LogP contribution in [0.15, 0.2) is 60.9 Å². The van der Waals surface area contributed by atoms with Crippen LogP contribution in [0.2, 0.25) is 0 Å². The van der Waals surface area contributed by atoms with Crippen molar-refractivity contribution >= 4 is 17.0 Å². The molecule has 4 aromatic rings. The zero-order valence-electron chi connectivity index (χ0n) is 17.6. The second-order valence-corrected chi connectivity index (χ2v) is 8.94. The van der Waals surface area contributed by atoms with Crippen molar-refractivity contribution in [2.24, 2.45) is 0 Å². The van der Waals surface area contributed by atoms with E-state index < -0.39 is 0 Å². The molecule has 0 unspecified atom stereocenters. The minimum atomic E-state index is -0.388. The van der Waals surface area contributed by atoms with Crippen LogP contribution in [0.1, 0.15) is 53.2 Å². The van der Waals surface area contributed by atoms with Crippen molar-refractivity contribution in [3.63, 3.8) is 0 Å². The van der Waals surface area contributed by atoms with Crippen LogP contribution < -0.4 is 0 Å². The summed E-state index contributed by atoms with van der Waals surface area (Å²) in [5.41, 5.74) is 8.31. The molecule has 0 N–H and O–H groups in total. The van der Waals surface area contributed by atoms with Gasteiger partial charge in [0.15, 0.2) is 11.5 Å². The SMILES string of the molecule is CC1(C)C(=O)Cc2cc(Cc3nc4c(C5=CCc6ccccc65)nccn4n3)ccc21. The number of nitrogens with zero attached hydrogens (tertiary/aromatic N) is 4. The molecule has 2 aliphatic carbocycles. The second kappa shape index (κ2) is 6.45. The molecule has 0 bridgehead atoms. The van der Waals surface area contributed by atoms with Gasteiger partial charge in [0.05, 0.1) is 0 Å². The normalized spacial score (nSPS) is 16.5. The van der Waals surface area contributed by atoms with Gasteiger partial charge in [-0.15, -0.1) is 0 Å². The number of ketones is 1. The summed E-state index contributed by atoms with van der Waals surface area (Å²) in [6.45, 7) is 4.02. The first-order valence-electron chi connectivity index (χ1n) is 10.7. The molecule has 2 aromatic heterocycles. The predicted molar refractivity (Wildman–Crippen MR) is 119 cm³/mol. The molecule has 31 heavy (non-hydrogen) atoms. The molecule has 0 saturated carbocycles. The van der Waals surface area contributed by atoms with Gasteiger partial charge in [0.2, 0.25) is 0 Å². The Bertz CT molecular complexity index is 1410. The van der Waals surface area contributed by atoms with Gasteiger partial charge >= 0.3 is 0 Å². The highest BCUT2D eigenvalue weighted by atomic mass is 16.1. The van der Waals surface area contributed by atoms with Crippen LogP contribution in [0.4, 0.5) is 0 Å². The lowest BCUT2D eigenvalue weighted by atomic mass is 9.85. The molecule has 0 spiro atoms. The van der Waals surface area contributed by atoms with Gasteiger partial charge in [0, 0.05) is 36.2 Å². The van der Waals surface area contributed by atoms with Crippen LogP contribution in [0.3, 0.4) is 0 Å². The molecule has 0 radical (unpaired) electrons. The van der Waals surface area contributed by atoms with Crippen molar-refractivity contribution in [1.82, 2.24) is 19.6 Å². The third-order valence-corrected chi connectivity index (χ3v) is 6.64. The summed E-state index contributed by atoms with van der Waals surface area (Å²) in [4.78, 5) is 21.8. The van der Waals surface area contributed by atoms with Crippen LogP contribution in [-0.2, 0) is 29.5 Å². The maximum atomic E-state index is 12.4. The van der Waals surface area contributed by atoms with E-state index in [1.807, 2.05) is 24.6 Å². The standard InChI is InChI=1S/C26H22N4O/c1-26(2)21-10-7-16(13-18(21)15-22(26)31)14-23-28-25-24(27-11-12-30(25)29-23)20-9-8-17-5-3-4-6-19(17)20/h3-7,9-13H,8,14-15H2,1-2H3. The van der Waals surface area contributed by atoms with E-state index in [9.17, 15) is 4.79 Å². The van der Waals surface area contributed by atoms with Gasteiger partial charge in [-0.2, -0.15) is 5.10 Å². The quantitative estimate of drug-likeness (QED) is 0.514. The lowest BCUT2D eigenvalue weighted by molar-refractivity contribution is -0.121. The number of benzene rings is 2. The van der Waals surface area contributed by atoms with E-state index in [0.29, 0.717) is 12.8 Å². The summed E-state index contributed by atoms with van der Waals surface area (Å²) in [6.07, 6.45) is 7.90. The lowest BCUT2D eigenvalue weighted by Crippen LogP contribution is -2.23. The van der Waals surface area contributed by atoms with Crippen LogP contribution in [0.25, 0.3) is 11.2 Å². The predicted octanol–water partition coefficient (Wildman–Crippen LogP) is 4.11. The third-order valence-electron chi connectivity index (χ3n) is 6.64. The minimum Gasteiger partial charge on any atom is -0.298 e. The van der Waals surface area contributed by atoms with Gasteiger partial charge in [-0.25, -0.2) is 9.50 Å². The van der Waals surface area contributed by atoms with E-state index in [1.54, 1.807) is 6.20 Å². The third kappa shape index (κ3) is 2.76. The van der Waals surface area contributed by atoms with E-state index in [4.69, 9.17) is 10.1 Å². The van der Waals surface area contributed by atoms with E-state index in [-0.39, 0.29) is 11.2 Å². The summed E-state index contributed by atoms with van der Waals surface area (Å²) in [6, 6.07) is 14.8.